The zero-order chi connectivity index (χ0) is 11.0. The monoisotopic (exact) mass is 206 g/mol. The van der Waals surface area contributed by atoms with Gasteiger partial charge in [-0.25, -0.2) is 0 Å². The second-order valence-electron chi connectivity index (χ2n) is 4.27. The number of aliphatic hydroxyl groups excluding tert-OH is 1. The van der Waals surface area contributed by atoms with Crippen LogP contribution in [0.15, 0.2) is 0 Å². The van der Waals surface area contributed by atoms with Gasteiger partial charge in [0.2, 0.25) is 0 Å². The summed E-state index contributed by atoms with van der Waals surface area (Å²) in [7, 11) is 0. The molecule has 0 amide bonds. The van der Waals surface area contributed by atoms with Gasteiger partial charge < -0.3 is 9.84 Å². The third-order valence-electron chi connectivity index (χ3n) is 3.53. The van der Waals surface area contributed by atoms with Crippen LogP contribution < -0.4 is 4.74 Å². The molecule has 0 radical (unpaired) electrons. The Morgan fingerprint density at radius 2 is 1.87 bits per heavy atom. The standard InChI is InChI=1S/C13H18O2/c1-8-9(2)12(7-14)11-5-4-6-15-13(11)10(8)3/h14H,4-7H2,1-3H3. The van der Waals surface area contributed by atoms with Crippen molar-refractivity contribution in [3.05, 3.63) is 27.8 Å². The molecule has 0 aromatic heterocycles. The van der Waals surface area contributed by atoms with Crippen molar-refractivity contribution in [2.24, 2.45) is 0 Å². The van der Waals surface area contributed by atoms with Gasteiger partial charge in [-0.15, -0.1) is 0 Å². The van der Waals surface area contributed by atoms with Gasteiger partial charge in [0.05, 0.1) is 13.2 Å². The van der Waals surface area contributed by atoms with Crippen molar-refractivity contribution in [1.29, 1.82) is 0 Å². The van der Waals surface area contributed by atoms with Gasteiger partial charge in [0, 0.05) is 5.56 Å². The molecule has 0 fully saturated rings. The molecule has 0 saturated heterocycles. The van der Waals surface area contributed by atoms with Gasteiger partial charge in [0.15, 0.2) is 0 Å². The summed E-state index contributed by atoms with van der Waals surface area (Å²) in [5.74, 6) is 1.02. The first-order valence-corrected chi connectivity index (χ1v) is 5.52. The predicted molar refractivity (Wildman–Crippen MR) is 60.4 cm³/mol. The number of benzene rings is 1. The number of ether oxygens (including phenoxy) is 1. The minimum absolute atomic E-state index is 0.124. The summed E-state index contributed by atoms with van der Waals surface area (Å²) in [6, 6.07) is 0. The van der Waals surface area contributed by atoms with Gasteiger partial charge in [-0.3, -0.25) is 0 Å². The molecule has 0 atom stereocenters. The summed E-state index contributed by atoms with van der Waals surface area (Å²) < 4.78 is 5.72. The molecule has 1 heterocycles. The average molecular weight is 206 g/mol. The Labute approximate surface area is 90.9 Å². The van der Waals surface area contributed by atoms with Crippen LogP contribution in [-0.4, -0.2) is 11.7 Å². The first kappa shape index (κ1) is 10.5. The van der Waals surface area contributed by atoms with E-state index >= 15 is 0 Å². The molecule has 1 aliphatic rings. The van der Waals surface area contributed by atoms with Crippen molar-refractivity contribution in [2.75, 3.05) is 6.61 Å². The molecule has 15 heavy (non-hydrogen) atoms. The molecule has 0 spiro atoms. The molecular formula is C13H18O2. The molecule has 0 saturated carbocycles. The summed E-state index contributed by atoms with van der Waals surface area (Å²) in [5.41, 5.74) is 6.01. The zero-order valence-corrected chi connectivity index (χ0v) is 9.68. The smallest absolute Gasteiger partial charge is 0.126 e. The van der Waals surface area contributed by atoms with Crippen LogP contribution >= 0.6 is 0 Å². The fraction of sp³-hybridized carbons (Fsp3) is 0.538. The molecule has 1 aromatic rings. The summed E-state index contributed by atoms with van der Waals surface area (Å²) in [5, 5.41) is 9.43. The third-order valence-corrected chi connectivity index (χ3v) is 3.53. The van der Waals surface area contributed by atoms with Crippen LogP contribution in [0.5, 0.6) is 5.75 Å². The second kappa shape index (κ2) is 3.86. The fourth-order valence-corrected chi connectivity index (χ4v) is 2.36. The van der Waals surface area contributed by atoms with Crippen molar-refractivity contribution in [1.82, 2.24) is 0 Å². The first-order chi connectivity index (χ1) is 7.16. The van der Waals surface area contributed by atoms with E-state index in [-0.39, 0.29) is 6.61 Å². The minimum atomic E-state index is 0.124. The molecule has 82 valence electrons. The molecule has 2 rings (SSSR count). The Bertz CT molecular complexity index is 371. The maximum absolute atomic E-state index is 9.43. The van der Waals surface area contributed by atoms with Crippen molar-refractivity contribution < 1.29 is 9.84 Å². The number of hydrogen-bond acceptors (Lipinski definition) is 2. The van der Waals surface area contributed by atoms with E-state index in [0.29, 0.717) is 0 Å². The largest absolute Gasteiger partial charge is 0.493 e. The first-order valence-electron chi connectivity index (χ1n) is 5.52. The van der Waals surface area contributed by atoms with Crippen LogP contribution in [0.25, 0.3) is 0 Å². The van der Waals surface area contributed by atoms with E-state index in [9.17, 15) is 5.11 Å². The molecule has 2 nitrogen and oxygen atoms in total. The van der Waals surface area contributed by atoms with Crippen molar-refractivity contribution in [3.8, 4) is 5.75 Å². The fourth-order valence-electron chi connectivity index (χ4n) is 2.36. The van der Waals surface area contributed by atoms with E-state index in [2.05, 4.69) is 20.8 Å². The molecule has 0 bridgehead atoms. The van der Waals surface area contributed by atoms with Crippen molar-refractivity contribution in [2.45, 2.75) is 40.2 Å². The molecule has 1 aliphatic heterocycles. The molecule has 0 aliphatic carbocycles. The number of hydrogen-bond donors (Lipinski definition) is 1. The van der Waals surface area contributed by atoms with E-state index < -0.39 is 0 Å². The molecule has 2 heteroatoms. The highest BCUT2D eigenvalue weighted by molar-refractivity contribution is 5.55. The third kappa shape index (κ3) is 1.53. The Balaban J connectivity index is 2.70. The van der Waals surface area contributed by atoms with Crippen molar-refractivity contribution >= 4 is 0 Å². The van der Waals surface area contributed by atoms with Gasteiger partial charge in [-0.1, -0.05) is 0 Å². The summed E-state index contributed by atoms with van der Waals surface area (Å²) >= 11 is 0. The summed E-state index contributed by atoms with van der Waals surface area (Å²) in [6.45, 7) is 7.22. The molecular weight excluding hydrogens is 188 g/mol. The average Bonchev–Trinajstić information content (AvgIpc) is 2.27. The SMILES string of the molecule is Cc1c(C)c(CO)c2c(c1C)OCCC2. The van der Waals surface area contributed by atoms with Crippen LogP contribution in [0.4, 0.5) is 0 Å². The van der Waals surface area contributed by atoms with Gasteiger partial charge in [-0.05, 0) is 55.9 Å². The van der Waals surface area contributed by atoms with E-state index in [0.717, 1.165) is 30.8 Å². The lowest BCUT2D eigenvalue weighted by Gasteiger charge is -2.25. The van der Waals surface area contributed by atoms with E-state index in [4.69, 9.17) is 4.74 Å². The zero-order valence-electron chi connectivity index (χ0n) is 9.68. The molecule has 0 unspecified atom stereocenters. The normalized spacial score (nSPS) is 14.7. The summed E-state index contributed by atoms with van der Waals surface area (Å²) in [4.78, 5) is 0. The molecule has 1 aromatic carbocycles. The topological polar surface area (TPSA) is 29.5 Å². The highest BCUT2D eigenvalue weighted by Crippen LogP contribution is 2.36. The highest BCUT2D eigenvalue weighted by atomic mass is 16.5. The van der Waals surface area contributed by atoms with E-state index in [1.807, 2.05) is 0 Å². The van der Waals surface area contributed by atoms with Gasteiger partial charge in [0.1, 0.15) is 5.75 Å². The Hall–Kier alpha value is -1.02. The number of aliphatic hydroxyl groups is 1. The Morgan fingerprint density at radius 3 is 2.53 bits per heavy atom. The molecule has 1 N–H and O–H groups in total. The maximum atomic E-state index is 9.43. The Kier molecular flexibility index (Phi) is 2.70. The van der Waals surface area contributed by atoms with E-state index in [1.54, 1.807) is 0 Å². The van der Waals surface area contributed by atoms with Crippen molar-refractivity contribution in [3.63, 3.8) is 0 Å². The van der Waals surface area contributed by atoms with Crippen LogP contribution in [-0.2, 0) is 13.0 Å². The summed E-state index contributed by atoms with van der Waals surface area (Å²) in [6.07, 6.45) is 2.09. The van der Waals surface area contributed by atoms with Gasteiger partial charge >= 0.3 is 0 Å². The second-order valence-corrected chi connectivity index (χ2v) is 4.27. The Morgan fingerprint density at radius 1 is 1.13 bits per heavy atom. The number of fused-ring (bicyclic) bond motifs is 1. The quantitative estimate of drug-likeness (QED) is 0.764. The van der Waals surface area contributed by atoms with Crippen LogP contribution in [0.2, 0.25) is 0 Å². The van der Waals surface area contributed by atoms with Crippen LogP contribution in [0, 0.1) is 20.8 Å². The van der Waals surface area contributed by atoms with Crippen LogP contribution in [0.3, 0.4) is 0 Å². The number of rotatable bonds is 1. The van der Waals surface area contributed by atoms with Crippen LogP contribution in [0.1, 0.15) is 34.2 Å². The van der Waals surface area contributed by atoms with E-state index in [1.165, 1.54) is 22.3 Å². The lowest BCUT2D eigenvalue weighted by atomic mass is 9.89. The lowest BCUT2D eigenvalue weighted by molar-refractivity contribution is 0.264. The minimum Gasteiger partial charge on any atom is -0.493 e. The predicted octanol–water partition coefficient (Wildman–Crippen LogP) is 2.43. The maximum Gasteiger partial charge on any atom is 0.126 e. The highest BCUT2D eigenvalue weighted by Gasteiger charge is 2.20. The van der Waals surface area contributed by atoms with Gasteiger partial charge in [0.25, 0.3) is 0 Å². The lowest BCUT2D eigenvalue weighted by Crippen LogP contribution is -2.14. The van der Waals surface area contributed by atoms with Gasteiger partial charge in [-0.2, -0.15) is 0 Å².